The van der Waals surface area contributed by atoms with E-state index in [0.717, 1.165) is 43.0 Å². The lowest BCUT2D eigenvalue weighted by Gasteiger charge is -2.19. The Hall–Kier alpha value is -1.40. The number of nitrogens with zero attached hydrogens (tertiary/aromatic N) is 2. The van der Waals surface area contributed by atoms with E-state index < -0.39 is 0 Å². The molecule has 0 saturated carbocycles. The van der Waals surface area contributed by atoms with E-state index in [4.69, 9.17) is 4.74 Å². The molecule has 0 spiro atoms. The van der Waals surface area contributed by atoms with Gasteiger partial charge in [0.05, 0.1) is 19.3 Å². The molecule has 114 valence electrons. The maximum absolute atomic E-state index is 9.35. The molecule has 1 aromatic heterocycles. The van der Waals surface area contributed by atoms with Crippen LogP contribution in [0.1, 0.15) is 32.3 Å². The van der Waals surface area contributed by atoms with Crippen LogP contribution < -0.4 is 10.6 Å². The lowest BCUT2D eigenvalue weighted by atomic mass is 10.1. The van der Waals surface area contributed by atoms with Crippen molar-refractivity contribution < 1.29 is 9.84 Å². The highest BCUT2D eigenvalue weighted by molar-refractivity contribution is 5.57. The van der Waals surface area contributed by atoms with Crippen molar-refractivity contribution >= 4 is 11.6 Å². The monoisotopic (exact) mass is 282 g/mol. The third-order valence-corrected chi connectivity index (χ3v) is 2.92. The van der Waals surface area contributed by atoms with Crippen molar-refractivity contribution in [3.8, 4) is 0 Å². The van der Waals surface area contributed by atoms with Gasteiger partial charge in [-0.2, -0.15) is 0 Å². The van der Waals surface area contributed by atoms with Gasteiger partial charge in [0.1, 0.15) is 18.0 Å². The maximum atomic E-state index is 9.35. The molecule has 1 unspecified atom stereocenters. The Labute approximate surface area is 121 Å². The lowest BCUT2D eigenvalue weighted by molar-refractivity contribution is 0.153. The molecule has 1 heterocycles. The first-order valence-corrected chi connectivity index (χ1v) is 7.20. The highest BCUT2D eigenvalue weighted by Gasteiger charge is 2.14. The Balaban J connectivity index is 2.92. The summed E-state index contributed by atoms with van der Waals surface area (Å²) in [5.74, 6) is 1.65. The Kier molecular flexibility index (Phi) is 7.91. The van der Waals surface area contributed by atoms with Crippen molar-refractivity contribution in [2.75, 3.05) is 37.5 Å². The zero-order valence-electron chi connectivity index (χ0n) is 12.6. The van der Waals surface area contributed by atoms with Crippen LogP contribution in [0.3, 0.4) is 0 Å². The Bertz CT molecular complexity index is 387. The van der Waals surface area contributed by atoms with Crippen molar-refractivity contribution in [1.29, 1.82) is 0 Å². The van der Waals surface area contributed by atoms with E-state index in [1.54, 1.807) is 13.4 Å². The normalized spacial score (nSPS) is 12.2. The first-order valence-electron chi connectivity index (χ1n) is 7.20. The number of aromatic nitrogens is 2. The summed E-state index contributed by atoms with van der Waals surface area (Å²) >= 11 is 0. The van der Waals surface area contributed by atoms with Crippen LogP contribution in [0.4, 0.5) is 11.6 Å². The summed E-state index contributed by atoms with van der Waals surface area (Å²) in [7, 11) is 1.62. The molecular weight excluding hydrogens is 256 g/mol. The molecule has 0 fully saturated rings. The molecule has 0 aromatic carbocycles. The van der Waals surface area contributed by atoms with Gasteiger partial charge in [-0.05, 0) is 12.8 Å². The summed E-state index contributed by atoms with van der Waals surface area (Å²) in [6.45, 7) is 5.56. The van der Waals surface area contributed by atoms with Crippen molar-refractivity contribution in [1.82, 2.24) is 9.97 Å². The topological polar surface area (TPSA) is 79.3 Å². The van der Waals surface area contributed by atoms with Gasteiger partial charge in [0, 0.05) is 19.2 Å². The number of anilines is 2. The van der Waals surface area contributed by atoms with Gasteiger partial charge >= 0.3 is 0 Å². The number of hydrogen-bond donors (Lipinski definition) is 3. The van der Waals surface area contributed by atoms with Crippen molar-refractivity contribution in [3.05, 3.63) is 11.9 Å². The van der Waals surface area contributed by atoms with E-state index in [1.807, 2.05) is 0 Å². The van der Waals surface area contributed by atoms with Crippen molar-refractivity contribution in [2.24, 2.45) is 0 Å². The van der Waals surface area contributed by atoms with Crippen LogP contribution in [-0.2, 0) is 11.2 Å². The molecular formula is C14H26N4O2. The van der Waals surface area contributed by atoms with Gasteiger partial charge in [-0.1, -0.05) is 20.3 Å². The lowest BCUT2D eigenvalue weighted by Crippen LogP contribution is -2.30. The van der Waals surface area contributed by atoms with Crippen LogP contribution >= 0.6 is 0 Å². The van der Waals surface area contributed by atoms with Crippen LogP contribution in [0.2, 0.25) is 0 Å². The van der Waals surface area contributed by atoms with E-state index in [-0.39, 0.29) is 12.6 Å². The first-order chi connectivity index (χ1) is 9.76. The van der Waals surface area contributed by atoms with Gasteiger partial charge in [-0.15, -0.1) is 0 Å². The van der Waals surface area contributed by atoms with E-state index in [9.17, 15) is 5.11 Å². The minimum atomic E-state index is -0.162. The number of rotatable bonds is 10. The number of nitrogens with one attached hydrogen (secondary N) is 2. The highest BCUT2D eigenvalue weighted by atomic mass is 16.5. The van der Waals surface area contributed by atoms with E-state index >= 15 is 0 Å². The summed E-state index contributed by atoms with van der Waals surface area (Å²) in [5, 5.41) is 15.9. The second kappa shape index (κ2) is 9.50. The summed E-state index contributed by atoms with van der Waals surface area (Å²) in [6, 6.07) is -0.162. The molecule has 0 bridgehead atoms. The SMILES string of the molecule is CCCNc1ncnc(NC(CO)COC)c1CCC. The molecule has 0 radical (unpaired) electrons. The van der Waals surface area contributed by atoms with E-state index in [0.29, 0.717) is 6.61 Å². The van der Waals surface area contributed by atoms with Gasteiger partial charge in [-0.3, -0.25) is 0 Å². The van der Waals surface area contributed by atoms with Crippen LogP contribution in [0.25, 0.3) is 0 Å². The predicted molar refractivity (Wildman–Crippen MR) is 81.2 cm³/mol. The molecule has 1 atom stereocenters. The maximum Gasteiger partial charge on any atom is 0.135 e. The fourth-order valence-electron chi connectivity index (χ4n) is 1.95. The molecule has 0 saturated heterocycles. The average molecular weight is 282 g/mol. The summed E-state index contributed by atoms with van der Waals surface area (Å²) in [4.78, 5) is 8.63. The molecule has 0 amide bonds. The van der Waals surface area contributed by atoms with Crippen molar-refractivity contribution in [2.45, 2.75) is 39.2 Å². The molecule has 1 aromatic rings. The fraction of sp³-hybridized carbons (Fsp3) is 0.714. The minimum Gasteiger partial charge on any atom is -0.394 e. The Morgan fingerprint density at radius 3 is 2.60 bits per heavy atom. The van der Waals surface area contributed by atoms with Gasteiger partial charge in [0.15, 0.2) is 0 Å². The fourth-order valence-corrected chi connectivity index (χ4v) is 1.95. The smallest absolute Gasteiger partial charge is 0.135 e. The van der Waals surface area contributed by atoms with Gasteiger partial charge in [0.25, 0.3) is 0 Å². The number of ether oxygens (including phenoxy) is 1. The van der Waals surface area contributed by atoms with Crippen LogP contribution in [0, 0.1) is 0 Å². The third-order valence-electron chi connectivity index (χ3n) is 2.92. The molecule has 3 N–H and O–H groups in total. The van der Waals surface area contributed by atoms with E-state index in [2.05, 4.69) is 34.4 Å². The number of aliphatic hydroxyl groups excluding tert-OH is 1. The van der Waals surface area contributed by atoms with Crippen LogP contribution in [0.5, 0.6) is 0 Å². The number of hydrogen-bond acceptors (Lipinski definition) is 6. The second-order valence-electron chi connectivity index (χ2n) is 4.71. The summed E-state index contributed by atoms with van der Waals surface area (Å²) < 4.78 is 5.08. The quantitative estimate of drug-likeness (QED) is 0.606. The zero-order chi connectivity index (χ0) is 14.8. The molecule has 1 rings (SSSR count). The van der Waals surface area contributed by atoms with Gasteiger partial charge in [-0.25, -0.2) is 9.97 Å². The molecule has 20 heavy (non-hydrogen) atoms. The Morgan fingerprint density at radius 1 is 1.25 bits per heavy atom. The van der Waals surface area contributed by atoms with E-state index in [1.165, 1.54) is 0 Å². The summed E-state index contributed by atoms with van der Waals surface area (Å²) in [6.07, 6.45) is 4.49. The van der Waals surface area contributed by atoms with Gasteiger partial charge in [0.2, 0.25) is 0 Å². The summed E-state index contributed by atoms with van der Waals surface area (Å²) in [5.41, 5.74) is 1.07. The zero-order valence-corrected chi connectivity index (χ0v) is 12.6. The van der Waals surface area contributed by atoms with Crippen LogP contribution in [0.15, 0.2) is 6.33 Å². The second-order valence-corrected chi connectivity index (χ2v) is 4.71. The van der Waals surface area contributed by atoms with Gasteiger partial charge < -0.3 is 20.5 Å². The van der Waals surface area contributed by atoms with Crippen LogP contribution in [-0.4, -0.2) is 48.0 Å². The average Bonchev–Trinajstić information content (AvgIpc) is 2.47. The number of methoxy groups -OCH3 is 1. The standard InChI is InChI=1S/C14H26N4O2/c1-4-6-12-13(15-7-5-2)16-10-17-14(12)18-11(8-19)9-20-3/h10-11,19H,4-9H2,1-3H3,(H2,15,16,17,18). The molecule has 6 heteroatoms. The highest BCUT2D eigenvalue weighted by Crippen LogP contribution is 2.22. The molecule has 6 nitrogen and oxygen atoms in total. The first kappa shape index (κ1) is 16.7. The molecule has 0 aliphatic carbocycles. The Morgan fingerprint density at radius 2 is 2.00 bits per heavy atom. The predicted octanol–water partition coefficient (Wildman–Crippen LogP) is 1.67. The molecule has 0 aliphatic rings. The largest absolute Gasteiger partial charge is 0.394 e. The molecule has 0 aliphatic heterocycles. The minimum absolute atomic E-state index is 0.00112. The van der Waals surface area contributed by atoms with Crippen molar-refractivity contribution in [3.63, 3.8) is 0 Å². The third kappa shape index (κ3) is 4.94. The number of aliphatic hydroxyl groups is 1.